The summed E-state index contributed by atoms with van der Waals surface area (Å²) in [7, 11) is 1.51. The van der Waals surface area contributed by atoms with Crippen LogP contribution in [0.5, 0.6) is 11.5 Å². The number of benzene rings is 2. The fraction of sp³-hybridized carbons (Fsp3) is 0.238. The number of thioether (sulfide) groups is 1. The van der Waals surface area contributed by atoms with Gasteiger partial charge in [-0.05, 0) is 42.0 Å². The minimum atomic E-state index is -0.105. The summed E-state index contributed by atoms with van der Waals surface area (Å²) in [5.41, 5.74) is 2.71. The number of halogens is 1. The van der Waals surface area contributed by atoms with Gasteiger partial charge in [-0.2, -0.15) is 0 Å². The first-order chi connectivity index (χ1) is 14.1. The van der Waals surface area contributed by atoms with Crippen LogP contribution in [0.4, 0.5) is 5.69 Å². The molecule has 1 aliphatic heterocycles. The van der Waals surface area contributed by atoms with E-state index >= 15 is 0 Å². The Kier molecular flexibility index (Phi) is 5.69. The van der Waals surface area contributed by atoms with Crippen LogP contribution in [0.25, 0.3) is 10.9 Å². The molecule has 0 spiro atoms. The molecule has 1 aromatic heterocycles. The number of nitrogens with one attached hydrogen (secondary N) is 1. The van der Waals surface area contributed by atoms with Crippen molar-refractivity contribution in [1.82, 2.24) is 9.88 Å². The summed E-state index contributed by atoms with van der Waals surface area (Å²) in [6.45, 7) is 1.15. The molecule has 1 unspecified atom stereocenters. The van der Waals surface area contributed by atoms with E-state index in [0.29, 0.717) is 29.6 Å². The number of aromatic hydroxyl groups is 1. The molecule has 1 saturated heterocycles. The van der Waals surface area contributed by atoms with E-state index in [-0.39, 0.29) is 17.0 Å². The van der Waals surface area contributed by atoms with E-state index < -0.39 is 0 Å². The molecule has 150 valence electrons. The maximum atomic E-state index is 12.4. The number of ether oxygens (including phenoxy) is 1. The Morgan fingerprint density at radius 3 is 3.00 bits per heavy atom. The molecule has 4 rings (SSSR count). The monoisotopic (exact) mass is 429 g/mol. The van der Waals surface area contributed by atoms with Crippen LogP contribution in [0.15, 0.2) is 48.7 Å². The van der Waals surface area contributed by atoms with Crippen LogP contribution in [0, 0.1) is 0 Å². The molecule has 2 aromatic carbocycles. The van der Waals surface area contributed by atoms with Crippen molar-refractivity contribution in [1.29, 1.82) is 0 Å². The predicted molar refractivity (Wildman–Crippen MR) is 117 cm³/mol. The molecule has 29 heavy (non-hydrogen) atoms. The standard InChI is InChI=1S/C21H20ClN3O3S/c1-28-19-10-13(2-5-18(19)26)21-25(20(27)12-29-21)9-8-24-16-6-7-23-17-11-14(22)3-4-15(16)17/h2-7,10-11,21,26H,8-9,12H2,1H3,(H,23,24). The molecule has 2 heterocycles. The Morgan fingerprint density at radius 2 is 2.17 bits per heavy atom. The Bertz CT molecular complexity index is 1060. The van der Waals surface area contributed by atoms with Gasteiger partial charge in [0.1, 0.15) is 5.37 Å². The van der Waals surface area contributed by atoms with E-state index in [1.807, 2.05) is 35.2 Å². The number of carbonyl (C=O) groups excluding carboxylic acids is 1. The number of methoxy groups -OCH3 is 1. The third-order valence-corrected chi connectivity index (χ3v) is 6.32. The molecule has 1 fully saturated rings. The first kappa shape index (κ1) is 19.7. The van der Waals surface area contributed by atoms with Crippen molar-refractivity contribution in [3.8, 4) is 11.5 Å². The summed E-state index contributed by atoms with van der Waals surface area (Å²) in [4.78, 5) is 18.6. The van der Waals surface area contributed by atoms with Gasteiger partial charge in [0.2, 0.25) is 5.91 Å². The van der Waals surface area contributed by atoms with Crippen molar-refractivity contribution in [3.05, 3.63) is 59.2 Å². The normalized spacial score (nSPS) is 16.4. The molecule has 0 saturated carbocycles. The van der Waals surface area contributed by atoms with Gasteiger partial charge >= 0.3 is 0 Å². The van der Waals surface area contributed by atoms with E-state index in [2.05, 4.69) is 10.3 Å². The first-order valence-corrected chi connectivity index (χ1v) is 10.6. The number of nitrogens with zero attached hydrogens (tertiary/aromatic N) is 2. The van der Waals surface area contributed by atoms with Crippen molar-refractivity contribution >= 4 is 45.9 Å². The third-order valence-electron chi connectivity index (χ3n) is 4.83. The number of pyridine rings is 1. The molecule has 3 aromatic rings. The van der Waals surface area contributed by atoms with E-state index in [0.717, 1.165) is 22.2 Å². The van der Waals surface area contributed by atoms with E-state index in [9.17, 15) is 9.90 Å². The average molecular weight is 430 g/mol. The number of hydrogen-bond acceptors (Lipinski definition) is 6. The summed E-state index contributed by atoms with van der Waals surface area (Å²) in [5.74, 6) is 1.02. The number of anilines is 1. The SMILES string of the molecule is COc1cc(C2SCC(=O)N2CCNc2ccnc3cc(Cl)ccc23)ccc1O. The second kappa shape index (κ2) is 8.39. The summed E-state index contributed by atoms with van der Waals surface area (Å²) in [6, 6.07) is 12.7. The van der Waals surface area contributed by atoms with E-state index in [1.54, 1.807) is 30.1 Å². The smallest absolute Gasteiger partial charge is 0.233 e. The zero-order valence-corrected chi connectivity index (χ0v) is 17.3. The number of carbonyl (C=O) groups is 1. The largest absolute Gasteiger partial charge is 0.504 e. The number of rotatable bonds is 6. The molecule has 0 aliphatic carbocycles. The number of amides is 1. The maximum absolute atomic E-state index is 12.4. The lowest BCUT2D eigenvalue weighted by Crippen LogP contribution is -2.32. The fourth-order valence-corrected chi connectivity index (χ4v) is 4.78. The summed E-state index contributed by atoms with van der Waals surface area (Å²) in [5, 5.41) is 14.8. The molecule has 1 amide bonds. The first-order valence-electron chi connectivity index (χ1n) is 9.13. The van der Waals surface area contributed by atoms with Gasteiger partial charge in [0, 0.05) is 35.4 Å². The second-order valence-corrected chi connectivity index (χ2v) is 8.13. The van der Waals surface area contributed by atoms with Crippen molar-refractivity contribution in [3.63, 3.8) is 0 Å². The summed E-state index contributed by atoms with van der Waals surface area (Å²) in [6.07, 6.45) is 1.74. The van der Waals surface area contributed by atoms with Gasteiger partial charge in [-0.15, -0.1) is 11.8 Å². The number of phenolic OH excluding ortho intramolecular Hbond substituents is 1. The lowest BCUT2D eigenvalue weighted by atomic mass is 10.1. The summed E-state index contributed by atoms with van der Waals surface area (Å²) >= 11 is 7.63. The fourth-order valence-electron chi connectivity index (χ4n) is 3.41. The van der Waals surface area contributed by atoms with Crippen LogP contribution in [-0.2, 0) is 4.79 Å². The van der Waals surface area contributed by atoms with Gasteiger partial charge in [0.15, 0.2) is 11.5 Å². The van der Waals surface area contributed by atoms with Gasteiger partial charge in [0.25, 0.3) is 0 Å². The molecule has 2 N–H and O–H groups in total. The molecule has 0 bridgehead atoms. The highest BCUT2D eigenvalue weighted by molar-refractivity contribution is 8.00. The minimum Gasteiger partial charge on any atom is -0.504 e. The van der Waals surface area contributed by atoms with Gasteiger partial charge in [-0.3, -0.25) is 9.78 Å². The number of fused-ring (bicyclic) bond motifs is 1. The predicted octanol–water partition coefficient (Wildman–Crippen LogP) is 4.29. The molecule has 6 nitrogen and oxygen atoms in total. The number of aromatic nitrogens is 1. The average Bonchev–Trinajstić information content (AvgIpc) is 3.09. The zero-order chi connectivity index (χ0) is 20.4. The van der Waals surface area contributed by atoms with Crippen LogP contribution in [0.2, 0.25) is 5.02 Å². The van der Waals surface area contributed by atoms with Crippen LogP contribution >= 0.6 is 23.4 Å². The number of phenols is 1. The molecular weight excluding hydrogens is 410 g/mol. The Morgan fingerprint density at radius 1 is 1.31 bits per heavy atom. The summed E-state index contributed by atoms with van der Waals surface area (Å²) < 4.78 is 5.21. The molecule has 0 radical (unpaired) electrons. The zero-order valence-electron chi connectivity index (χ0n) is 15.8. The van der Waals surface area contributed by atoms with E-state index in [1.165, 1.54) is 7.11 Å². The Hall–Kier alpha value is -2.64. The van der Waals surface area contributed by atoms with Crippen LogP contribution < -0.4 is 10.1 Å². The number of hydrogen-bond donors (Lipinski definition) is 2. The van der Waals surface area contributed by atoms with Gasteiger partial charge in [0.05, 0.1) is 18.4 Å². The van der Waals surface area contributed by atoms with Gasteiger partial charge < -0.3 is 20.1 Å². The molecule has 8 heteroatoms. The molecule has 1 atom stereocenters. The lowest BCUT2D eigenvalue weighted by molar-refractivity contribution is -0.127. The lowest BCUT2D eigenvalue weighted by Gasteiger charge is -2.25. The second-order valence-electron chi connectivity index (χ2n) is 6.63. The Balaban J connectivity index is 1.48. The van der Waals surface area contributed by atoms with E-state index in [4.69, 9.17) is 16.3 Å². The third kappa shape index (κ3) is 4.06. The highest BCUT2D eigenvalue weighted by Crippen LogP contribution is 2.41. The van der Waals surface area contributed by atoms with Crippen molar-refractivity contribution < 1.29 is 14.6 Å². The highest BCUT2D eigenvalue weighted by atomic mass is 35.5. The van der Waals surface area contributed by atoms with Crippen molar-refractivity contribution in [2.45, 2.75) is 5.37 Å². The highest BCUT2D eigenvalue weighted by Gasteiger charge is 2.32. The molecule has 1 aliphatic rings. The molecular formula is C21H20ClN3O3S. The Labute approximate surface area is 177 Å². The minimum absolute atomic E-state index is 0.0865. The quantitative estimate of drug-likeness (QED) is 0.609. The van der Waals surface area contributed by atoms with Crippen molar-refractivity contribution in [2.24, 2.45) is 0 Å². The maximum Gasteiger partial charge on any atom is 0.233 e. The van der Waals surface area contributed by atoms with Crippen LogP contribution in [0.3, 0.4) is 0 Å². The topological polar surface area (TPSA) is 74.7 Å². The van der Waals surface area contributed by atoms with Gasteiger partial charge in [-0.1, -0.05) is 17.7 Å². The van der Waals surface area contributed by atoms with Crippen LogP contribution in [0.1, 0.15) is 10.9 Å². The van der Waals surface area contributed by atoms with Crippen LogP contribution in [-0.4, -0.2) is 46.8 Å². The van der Waals surface area contributed by atoms with Gasteiger partial charge in [-0.25, -0.2) is 0 Å². The van der Waals surface area contributed by atoms with Crippen molar-refractivity contribution in [2.75, 3.05) is 31.3 Å².